The van der Waals surface area contributed by atoms with Gasteiger partial charge in [0.15, 0.2) is 0 Å². The normalized spacial score (nSPS) is 11.8. The molecule has 8 heteroatoms. The smallest absolute Gasteiger partial charge is 0.337 e. The van der Waals surface area contributed by atoms with Crippen molar-refractivity contribution in [1.82, 2.24) is 9.62 Å². The number of hydrogen-bond donors (Lipinski definition) is 3. The van der Waals surface area contributed by atoms with E-state index < -0.39 is 16.0 Å². The molecule has 4 N–H and O–H groups in total. The molecule has 0 spiro atoms. The summed E-state index contributed by atoms with van der Waals surface area (Å²) in [5.74, 6) is -1.31. The molecule has 0 aliphatic carbocycles. The molecule has 1 rings (SSSR count). The number of nitrogens with one attached hydrogen (secondary N) is 1. The molecule has 0 atom stereocenters. The number of nitrogen functional groups attached to an aromatic ring is 1. The predicted molar refractivity (Wildman–Crippen MR) is 80.8 cm³/mol. The molecular weight excluding hydrogens is 294 g/mol. The number of hydrogen-bond acceptors (Lipinski definition) is 5. The van der Waals surface area contributed by atoms with Gasteiger partial charge in [-0.2, -0.15) is 0 Å². The van der Waals surface area contributed by atoms with Crippen LogP contribution in [0.1, 0.15) is 24.2 Å². The summed E-state index contributed by atoms with van der Waals surface area (Å²) in [6.07, 6.45) is 0. The average Bonchev–Trinajstić information content (AvgIpc) is 2.43. The zero-order valence-electron chi connectivity index (χ0n) is 12.2. The molecule has 0 saturated heterocycles. The molecule has 0 fully saturated rings. The number of carboxylic acids is 1. The van der Waals surface area contributed by atoms with Crippen LogP contribution in [0.2, 0.25) is 0 Å². The third-order valence-corrected chi connectivity index (χ3v) is 4.64. The Hall–Kier alpha value is -1.64. The van der Waals surface area contributed by atoms with Crippen LogP contribution >= 0.6 is 0 Å². The number of sulfonamides is 1. The molecule has 1 aromatic carbocycles. The number of likely N-dealkylation sites (N-methyl/N-ethyl adjacent to an activating group) is 1. The Kier molecular flexibility index (Phi) is 6.13. The van der Waals surface area contributed by atoms with E-state index in [0.29, 0.717) is 6.54 Å². The lowest BCUT2D eigenvalue weighted by Gasteiger charge is -2.18. The summed E-state index contributed by atoms with van der Waals surface area (Å²) >= 11 is 0. The zero-order chi connectivity index (χ0) is 16.0. The standard InChI is InChI=1S/C13H21N3O4S/c1-3-16(4-2)8-7-15-21(19,20)12-9-10(14)5-6-11(12)13(17)18/h5-6,9,15H,3-4,7-8,14H2,1-2H3,(H,17,18). The van der Waals surface area contributed by atoms with Gasteiger partial charge in [0, 0.05) is 18.8 Å². The van der Waals surface area contributed by atoms with Crippen molar-refractivity contribution in [2.75, 3.05) is 31.9 Å². The van der Waals surface area contributed by atoms with Crippen molar-refractivity contribution in [3.63, 3.8) is 0 Å². The molecular formula is C13H21N3O4S. The molecule has 7 nitrogen and oxygen atoms in total. The molecule has 0 amide bonds. The van der Waals surface area contributed by atoms with E-state index in [2.05, 4.69) is 9.62 Å². The van der Waals surface area contributed by atoms with Crippen molar-refractivity contribution < 1.29 is 18.3 Å². The zero-order valence-corrected chi connectivity index (χ0v) is 13.0. The molecule has 0 radical (unpaired) electrons. The number of aromatic carboxylic acids is 1. The van der Waals surface area contributed by atoms with E-state index >= 15 is 0 Å². The van der Waals surface area contributed by atoms with Gasteiger partial charge in [-0.1, -0.05) is 13.8 Å². The molecule has 1 aromatic rings. The Bertz CT molecular complexity index is 597. The maximum Gasteiger partial charge on any atom is 0.337 e. The average molecular weight is 315 g/mol. The van der Waals surface area contributed by atoms with Crippen molar-refractivity contribution in [3.8, 4) is 0 Å². The van der Waals surface area contributed by atoms with Gasteiger partial charge in [0.25, 0.3) is 0 Å². The van der Waals surface area contributed by atoms with Crippen LogP contribution in [0.15, 0.2) is 23.1 Å². The largest absolute Gasteiger partial charge is 0.478 e. The lowest BCUT2D eigenvalue weighted by atomic mass is 10.2. The fraction of sp³-hybridized carbons (Fsp3) is 0.462. The second-order valence-corrected chi connectivity index (χ2v) is 6.22. The predicted octanol–water partition coefficient (Wildman–Crippen LogP) is 0.587. The van der Waals surface area contributed by atoms with E-state index in [1.165, 1.54) is 12.1 Å². The Labute approximate surface area is 124 Å². The van der Waals surface area contributed by atoms with Crippen molar-refractivity contribution in [3.05, 3.63) is 23.8 Å². The van der Waals surface area contributed by atoms with Gasteiger partial charge in [-0.05, 0) is 31.3 Å². The first kappa shape index (κ1) is 17.4. The minimum Gasteiger partial charge on any atom is -0.478 e. The number of anilines is 1. The Balaban J connectivity index is 2.93. The van der Waals surface area contributed by atoms with Crippen LogP contribution in [-0.4, -0.2) is 50.6 Å². The SMILES string of the molecule is CCN(CC)CCNS(=O)(=O)c1cc(N)ccc1C(=O)O. The summed E-state index contributed by atoms with van der Waals surface area (Å²) in [5, 5.41) is 9.07. The molecule has 0 saturated carbocycles. The highest BCUT2D eigenvalue weighted by molar-refractivity contribution is 7.89. The maximum atomic E-state index is 12.2. The highest BCUT2D eigenvalue weighted by Crippen LogP contribution is 2.19. The maximum absolute atomic E-state index is 12.2. The van der Waals surface area contributed by atoms with Crippen molar-refractivity contribution in [2.24, 2.45) is 0 Å². The van der Waals surface area contributed by atoms with Crippen molar-refractivity contribution in [2.45, 2.75) is 18.7 Å². The van der Waals surface area contributed by atoms with Gasteiger partial charge in [-0.25, -0.2) is 17.9 Å². The summed E-state index contributed by atoms with van der Waals surface area (Å²) in [4.78, 5) is 12.9. The first-order valence-corrected chi connectivity index (χ1v) is 8.15. The minimum absolute atomic E-state index is 0.198. The molecule has 0 aromatic heterocycles. The summed E-state index contributed by atoms with van der Waals surface area (Å²) in [6, 6.07) is 3.71. The lowest BCUT2D eigenvalue weighted by Crippen LogP contribution is -2.35. The molecule has 0 unspecified atom stereocenters. The van der Waals surface area contributed by atoms with Crippen molar-refractivity contribution in [1.29, 1.82) is 0 Å². The van der Waals surface area contributed by atoms with Crippen molar-refractivity contribution >= 4 is 21.7 Å². The monoisotopic (exact) mass is 315 g/mol. The number of carboxylic acid groups (broad SMARTS) is 1. The van der Waals surface area contributed by atoms with Gasteiger partial charge in [-0.3, -0.25) is 0 Å². The van der Waals surface area contributed by atoms with Crippen LogP contribution in [0.4, 0.5) is 5.69 Å². The first-order valence-electron chi connectivity index (χ1n) is 6.66. The van der Waals surface area contributed by atoms with Crippen LogP contribution in [0.25, 0.3) is 0 Å². The number of nitrogens with zero attached hydrogens (tertiary/aromatic N) is 1. The number of benzene rings is 1. The number of rotatable bonds is 8. The molecule has 0 heterocycles. The summed E-state index contributed by atoms with van der Waals surface area (Å²) in [6.45, 7) is 6.36. The molecule has 21 heavy (non-hydrogen) atoms. The van der Waals surface area contributed by atoms with E-state index in [0.717, 1.165) is 19.2 Å². The molecule has 0 aliphatic rings. The van der Waals surface area contributed by atoms with Crippen LogP contribution < -0.4 is 10.5 Å². The van der Waals surface area contributed by atoms with Gasteiger partial charge in [-0.15, -0.1) is 0 Å². The van der Waals surface area contributed by atoms with E-state index in [1.807, 2.05) is 13.8 Å². The van der Waals surface area contributed by atoms with Crippen LogP contribution in [0.5, 0.6) is 0 Å². The quantitative estimate of drug-likeness (QED) is 0.605. The van der Waals surface area contributed by atoms with E-state index in [4.69, 9.17) is 10.8 Å². The Morgan fingerprint density at radius 3 is 2.48 bits per heavy atom. The fourth-order valence-corrected chi connectivity index (χ4v) is 3.15. The van der Waals surface area contributed by atoms with Gasteiger partial charge >= 0.3 is 5.97 Å². The number of carbonyl (C=O) groups is 1. The van der Waals surface area contributed by atoms with Gasteiger partial charge in [0.2, 0.25) is 10.0 Å². The molecule has 118 valence electrons. The second kappa shape index (κ2) is 7.39. The van der Waals surface area contributed by atoms with E-state index in [1.54, 1.807) is 0 Å². The second-order valence-electron chi connectivity index (χ2n) is 4.49. The minimum atomic E-state index is -3.91. The third kappa shape index (κ3) is 4.69. The topological polar surface area (TPSA) is 113 Å². The highest BCUT2D eigenvalue weighted by atomic mass is 32.2. The molecule has 0 aliphatic heterocycles. The summed E-state index contributed by atoms with van der Waals surface area (Å²) in [5.41, 5.74) is 5.46. The molecule has 0 bridgehead atoms. The Morgan fingerprint density at radius 2 is 1.95 bits per heavy atom. The first-order chi connectivity index (χ1) is 9.81. The highest BCUT2D eigenvalue weighted by Gasteiger charge is 2.22. The lowest BCUT2D eigenvalue weighted by molar-refractivity contribution is 0.0692. The van der Waals surface area contributed by atoms with Crippen LogP contribution in [-0.2, 0) is 10.0 Å². The van der Waals surface area contributed by atoms with Gasteiger partial charge < -0.3 is 15.7 Å². The fourth-order valence-electron chi connectivity index (χ4n) is 1.89. The summed E-state index contributed by atoms with van der Waals surface area (Å²) < 4.78 is 26.8. The van der Waals surface area contributed by atoms with E-state index in [-0.39, 0.29) is 22.7 Å². The third-order valence-electron chi connectivity index (χ3n) is 3.14. The van der Waals surface area contributed by atoms with Gasteiger partial charge in [0.05, 0.1) is 10.5 Å². The summed E-state index contributed by atoms with van der Waals surface area (Å²) in [7, 11) is -3.91. The van der Waals surface area contributed by atoms with Crippen LogP contribution in [0.3, 0.4) is 0 Å². The van der Waals surface area contributed by atoms with Crippen LogP contribution in [0, 0.1) is 0 Å². The number of nitrogens with two attached hydrogens (primary N) is 1. The Morgan fingerprint density at radius 1 is 1.33 bits per heavy atom. The van der Waals surface area contributed by atoms with E-state index in [9.17, 15) is 13.2 Å². The van der Waals surface area contributed by atoms with Gasteiger partial charge in [0.1, 0.15) is 0 Å².